The normalized spacial score (nSPS) is 10.4. The fourth-order valence-electron chi connectivity index (χ4n) is 0.988. The van der Waals surface area contributed by atoms with Crippen LogP contribution in [0.25, 0.3) is 0 Å². The van der Waals surface area contributed by atoms with E-state index in [0.717, 1.165) is 0 Å². The van der Waals surface area contributed by atoms with Gasteiger partial charge in [-0.1, -0.05) is 0 Å². The number of aromatic nitrogens is 1. The molecule has 0 saturated heterocycles. The molecule has 6 heteroatoms. The van der Waals surface area contributed by atoms with Crippen LogP contribution >= 0.6 is 0 Å². The highest BCUT2D eigenvalue weighted by atomic mass is 16.5. The number of carboxylic acid groups (broad SMARTS) is 1. The molecular weight excluding hydrogens is 190 g/mol. The molecule has 0 spiro atoms. The molecule has 1 aromatic heterocycles. The number of nitrogens with zero attached hydrogens (tertiary/aromatic N) is 1. The first-order valence-corrected chi connectivity index (χ1v) is 3.88. The SMILES string of the molecule is COCc1nc(COC)c(C(=O)O)o1. The highest BCUT2D eigenvalue weighted by Gasteiger charge is 2.18. The van der Waals surface area contributed by atoms with Crippen LogP contribution in [0.2, 0.25) is 0 Å². The number of hydrogen-bond acceptors (Lipinski definition) is 5. The molecule has 78 valence electrons. The predicted molar refractivity (Wildman–Crippen MR) is 44.9 cm³/mol. The van der Waals surface area contributed by atoms with Gasteiger partial charge in [-0.15, -0.1) is 0 Å². The molecule has 1 rings (SSSR count). The average molecular weight is 201 g/mol. The number of aromatic carboxylic acids is 1. The molecule has 6 nitrogen and oxygen atoms in total. The minimum Gasteiger partial charge on any atom is -0.475 e. The Kier molecular flexibility index (Phi) is 3.61. The standard InChI is InChI=1S/C8H11NO5/c1-12-3-5-7(8(10)11)14-6(9-5)4-13-2/h3-4H2,1-2H3,(H,10,11). The Morgan fingerprint density at radius 2 is 2.07 bits per heavy atom. The third-order valence-corrected chi connectivity index (χ3v) is 1.48. The van der Waals surface area contributed by atoms with Gasteiger partial charge < -0.3 is 19.0 Å². The Bertz CT molecular complexity index is 320. The van der Waals surface area contributed by atoms with E-state index in [2.05, 4.69) is 4.98 Å². The van der Waals surface area contributed by atoms with Crippen molar-refractivity contribution in [2.45, 2.75) is 13.2 Å². The second-order valence-electron chi connectivity index (χ2n) is 2.55. The van der Waals surface area contributed by atoms with E-state index < -0.39 is 5.97 Å². The van der Waals surface area contributed by atoms with Crippen molar-refractivity contribution >= 4 is 5.97 Å². The van der Waals surface area contributed by atoms with E-state index in [1.807, 2.05) is 0 Å². The van der Waals surface area contributed by atoms with Crippen LogP contribution in [0.15, 0.2) is 4.42 Å². The predicted octanol–water partition coefficient (Wildman–Crippen LogP) is 0.666. The second-order valence-corrected chi connectivity index (χ2v) is 2.55. The Hall–Kier alpha value is -1.40. The maximum atomic E-state index is 10.7. The van der Waals surface area contributed by atoms with Crippen LogP contribution in [0, 0.1) is 0 Å². The summed E-state index contributed by atoms with van der Waals surface area (Å²) < 4.78 is 14.5. The summed E-state index contributed by atoms with van der Waals surface area (Å²) in [4.78, 5) is 14.6. The van der Waals surface area contributed by atoms with Crippen molar-refractivity contribution in [3.8, 4) is 0 Å². The van der Waals surface area contributed by atoms with Crippen molar-refractivity contribution in [2.24, 2.45) is 0 Å². The van der Waals surface area contributed by atoms with Gasteiger partial charge in [-0.25, -0.2) is 9.78 Å². The molecule has 14 heavy (non-hydrogen) atoms. The lowest BCUT2D eigenvalue weighted by atomic mass is 10.3. The fraction of sp³-hybridized carbons (Fsp3) is 0.500. The van der Waals surface area contributed by atoms with Crippen molar-refractivity contribution in [3.05, 3.63) is 17.3 Å². The molecule has 0 amide bonds. The lowest BCUT2D eigenvalue weighted by Crippen LogP contribution is -2.00. The highest BCUT2D eigenvalue weighted by molar-refractivity contribution is 5.85. The summed E-state index contributed by atoms with van der Waals surface area (Å²) in [6.07, 6.45) is 0. The molecule has 0 saturated carbocycles. The molecule has 0 aliphatic heterocycles. The van der Waals surface area contributed by atoms with Gasteiger partial charge in [0.2, 0.25) is 11.7 Å². The Morgan fingerprint density at radius 3 is 2.57 bits per heavy atom. The maximum absolute atomic E-state index is 10.7. The largest absolute Gasteiger partial charge is 0.475 e. The van der Waals surface area contributed by atoms with Crippen LogP contribution in [-0.4, -0.2) is 30.3 Å². The van der Waals surface area contributed by atoms with Gasteiger partial charge in [-0.2, -0.15) is 0 Å². The summed E-state index contributed by atoms with van der Waals surface area (Å²) in [5.41, 5.74) is 0.270. The van der Waals surface area contributed by atoms with Crippen LogP contribution in [0.5, 0.6) is 0 Å². The molecule has 0 aromatic carbocycles. The topological polar surface area (TPSA) is 81.8 Å². The third kappa shape index (κ3) is 2.30. The zero-order valence-corrected chi connectivity index (χ0v) is 7.94. The van der Waals surface area contributed by atoms with Crippen LogP contribution in [0.4, 0.5) is 0 Å². The van der Waals surface area contributed by atoms with E-state index in [0.29, 0.717) is 0 Å². The minimum atomic E-state index is -1.16. The summed E-state index contributed by atoms with van der Waals surface area (Å²) >= 11 is 0. The summed E-state index contributed by atoms with van der Waals surface area (Å²) in [7, 11) is 2.93. The van der Waals surface area contributed by atoms with Gasteiger partial charge >= 0.3 is 5.97 Å². The summed E-state index contributed by atoms with van der Waals surface area (Å²) in [5.74, 6) is -1.12. The van der Waals surface area contributed by atoms with Gasteiger partial charge in [0.15, 0.2) is 0 Å². The highest BCUT2D eigenvalue weighted by Crippen LogP contribution is 2.12. The number of hydrogen-bond donors (Lipinski definition) is 1. The van der Waals surface area contributed by atoms with Gasteiger partial charge in [0.05, 0.1) is 6.61 Å². The van der Waals surface area contributed by atoms with Gasteiger partial charge in [-0.05, 0) is 0 Å². The summed E-state index contributed by atoms with van der Waals surface area (Å²) in [6.45, 7) is 0.249. The number of carbonyl (C=O) groups is 1. The molecule has 0 aliphatic carbocycles. The van der Waals surface area contributed by atoms with Gasteiger partial charge in [-0.3, -0.25) is 0 Å². The fourth-order valence-corrected chi connectivity index (χ4v) is 0.988. The number of rotatable bonds is 5. The third-order valence-electron chi connectivity index (χ3n) is 1.48. The molecule has 0 radical (unpaired) electrons. The minimum absolute atomic E-state index is 0.106. The van der Waals surface area contributed by atoms with Crippen molar-refractivity contribution in [2.75, 3.05) is 14.2 Å². The lowest BCUT2D eigenvalue weighted by molar-refractivity contribution is 0.0648. The molecule has 0 aliphatic rings. The van der Waals surface area contributed by atoms with Crippen LogP contribution in [-0.2, 0) is 22.7 Å². The number of carboxylic acids is 1. The van der Waals surface area contributed by atoms with Gasteiger partial charge in [0.25, 0.3) is 0 Å². The van der Waals surface area contributed by atoms with Crippen LogP contribution in [0.3, 0.4) is 0 Å². The second kappa shape index (κ2) is 4.73. The molecule has 0 bridgehead atoms. The average Bonchev–Trinajstić information content (AvgIpc) is 2.49. The van der Waals surface area contributed by atoms with Gasteiger partial charge in [0.1, 0.15) is 12.3 Å². The first-order valence-electron chi connectivity index (χ1n) is 3.88. The van der Waals surface area contributed by atoms with E-state index in [1.165, 1.54) is 14.2 Å². The summed E-state index contributed by atoms with van der Waals surface area (Å²) in [5, 5.41) is 8.74. The molecule has 0 unspecified atom stereocenters. The monoisotopic (exact) mass is 201 g/mol. The van der Waals surface area contributed by atoms with E-state index in [-0.39, 0.29) is 30.6 Å². The quantitative estimate of drug-likeness (QED) is 0.753. The number of methoxy groups -OCH3 is 2. The Morgan fingerprint density at radius 1 is 1.43 bits per heavy atom. The van der Waals surface area contributed by atoms with Crippen LogP contribution < -0.4 is 0 Å². The maximum Gasteiger partial charge on any atom is 0.373 e. The van der Waals surface area contributed by atoms with Crippen LogP contribution in [0.1, 0.15) is 22.1 Å². The zero-order chi connectivity index (χ0) is 10.6. The molecule has 1 aromatic rings. The first-order chi connectivity index (χ1) is 6.69. The Labute approximate surface area is 80.5 Å². The summed E-state index contributed by atoms with van der Waals surface area (Å²) in [6, 6.07) is 0. The van der Waals surface area contributed by atoms with E-state index >= 15 is 0 Å². The molecule has 0 fully saturated rings. The first kappa shape index (κ1) is 10.7. The number of oxazole rings is 1. The molecule has 0 atom stereocenters. The van der Waals surface area contributed by atoms with E-state index in [9.17, 15) is 4.79 Å². The lowest BCUT2D eigenvalue weighted by Gasteiger charge is -1.92. The molecular formula is C8H11NO5. The Balaban J connectivity index is 2.93. The van der Waals surface area contributed by atoms with Gasteiger partial charge in [0, 0.05) is 14.2 Å². The smallest absolute Gasteiger partial charge is 0.373 e. The zero-order valence-electron chi connectivity index (χ0n) is 7.94. The van der Waals surface area contributed by atoms with Crippen molar-refractivity contribution in [1.29, 1.82) is 0 Å². The molecule has 1 heterocycles. The van der Waals surface area contributed by atoms with Crippen molar-refractivity contribution in [3.63, 3.8) is 0 Å². The van der Waals surface area contributed by atoms with Crippen molar-refractivity contribution in [1.82, 2.24) is 4.98 Å². The molecule has 1 N–H and O–H groups in total. The van der Waals surface area contributed by atoms with E-state index in [1.54, 1.807) is 0 Å². The number of ether oxygens (including phenoxy) is 2. The van der Waals surface area contributed by atoms with E-state index in [4.69, 9.17) is 19.0 Å². The van der Waals surface area contributed by atoms with Crippen molar-refractivity contribution < 1.29 is 23.8 Å².